The second-order valence-electron chi connectivity index (χ2n) is 5.75. The zero-order valence-corrected chi connectivity index (χ0v) is 11.4. The minimum atomic E-state index is 0.536. The molecule has 18 heavy (non-hydrogen) atoms. The third-order valence-corrected chi connectivity index (χ3v) is 4.32. The number of nitrogens with one attached hydrogen (secondary N) is 1. The van der Waals surface area contributed by atoms with Crippen LogP contribution in [0.1, 0.15) is 36.9 Å². The lowest BCUT2D eigenvalue weighted by atomic mass is 9.94. The Hall–Kier alpha value is -0.860. The summed E-state index contributed by atoms with van der Waals surface area (Å²) in [6.07, 6.45) is 4.08. The van der Waals surface area contributed by atoms with Gasteiger partial charge in [0.05, 0.1) is 0 Å². The summed E-state index contributed by atoms with van der Waals surface area (Å²) >= 11 is 0. The number of hydrogen-bond acceptors (Lipinski definition) is 2. The van der Waals surface area contributed by atoms with Gasteiger partial charge in [0.2, 0.25) is 0 Å². The summed E-state index contributed by atoms with van der Waals surface area (Å²) in [5, 5.41) is 3.69. The minimum Gasteiger partial charge on any atom is -0.309 e. The lowest BCUT2D eigenvalue weighted by molar-refractivity contribution is 0.241. The molecule has 98 valence electrons. The Kier molecular flexibility index (Phi) is 3.67. The van der Waals surface area contributed by atoms with Crippen LogP contribution in [0.15, 0.2) is 24.3 Å². The molecule has 0 bridgehead atoms. The van der Waals surface area contributed by atoms with Crippen molar-refractivity contribution in [3.8, 4) is 0 Å². The Labute approximate surface area is 110 Å². The van der Waals surface area contributed by atoms with E-state index in [1.54, 1.807) is 5.56 Å². The summed E-state index contributed by atoms with van der Waals surface area (Å²) in [6.45, 7) is 7.07. The van der Waals surface area contributed by atoms with Crippen molar-refractivity contribution < 1.29 is 0 Å². The molecule has 1 unspecified atom stereocenters. The molecule has 0 amide bonds. The number of benzene rings is 1. The zero-order chi connectivity index (χ0) is 12.4. The first kappa shape index (κ1) is 12.2. The Bertz CT molecular complexity index is 398. The lowest BCUT2D eigenvalue weighted by Crippen LogP contribution is -2.39. The van der Waals surface area contributed by atoms with E-state index in [1.807, 2.05) is 0 Å². The van der Waals surface area contributed by atoms with Crippen LogP contribution in [0.4, 0.5) is 0 Å². The highest BCUT2D eigenvalue weighted by molar-refractivity contribution is 5.32. The van der Waals surface area contributed by atoms with Crippen molar-refractivity contribution in [2.24, 2.45) is 5.92 Å². The van der Waals surface area contributed by atoms with Crippen molar-refractivity contribution in [2.75, 3.05) is 26.2 Å². The molecule has 1 N–H and O–H groups in total. The van der Waals surface area contributed by atoms with E-state index in [1.165, 1.54) is 44.5 Å². The lowest BCUT2D eigenvalue weighted by Gasteiger charge is -2.31. The van der Waals surface area contributed by atoms with Gasteiger partial charge < -0.3 is 10.2 Å². The van der Waals surface area contributed by atoms with Gasteiger partial charge in [-0.2, -0.15) is 0 Å². The Morgan fingerprint density at radius 2 is 2.06 bits per heavy atom. The van der Waals surface area contributed by atoms with Gasteiger partial charge >= 0.3 is 0 Å². The van der Waals surface area contributed by atoms with E-state index < -0.39 is 0 Å². The number of hydrogen-bond donors (Lipinski definition) is 1. The number of likely N-dealkylation sites (N-methyl/N-ethyl adjacent to an activating group) is 1. The average molecular weight is 244 g/mol. The molecule has 1 atom stereocenters. The molecule has 1 heterocycles. The van der Waals surface area contributed by atoms with Crippen LogP contribution in [0, 0.1) is 5.92 Å². The van der Waals surface area contributed by atoms with E-state index in [4.69, 9.17) is 0 Å². The minimum absolute atomic E-state index is 0.536. The first-order valence-electron chi connectivity index (χ1n) is 7.40. The van der Waals surface area contributed by atoms with Gasteiger partial charge in [0, 0.05) is 19.1 Å². The summed E-state index contributed by atoms with van der Waals surface area (Å²) in [6, 6.07) is 9.48. The summed E-state index contributed by atoms with van der Waals surface area (Å²) < 4.78 is 0. The molecule has 1 fully saturated rings. The maximum atomic E-state index is 3.69. The first-order valence-corrected chi connectivity index (χ1v) is 7.40. The van der Waals surface area contributed by atoms with Crippen LogP contribution in [0.3, 0.4) is 0 Å². The molecule has 1 aromatic carbocycles. The molecule has 1 saturated carbocycles. The smallest absolute Gasteiger partial charge is 0.0452 e. The predicted octanol–water partition coefficient (Wildman–Crippen LogP) is 2.61. The molecule has 1 aromatic rings. The normalized spacial score (nSPS) is 23.1. The molecular weight excluding hydrogens is 220 g/mol. The maximum Gasteiger partial charge on any atom is 0.0452 e. The summed E-state index contributed by atoms with van der Waals surface area (Å²) in [5.41, 5.74) is 3.07. The molecule has 1 aliphatic carbocycles. The van der Waals surface area contributed by atoms with Gasteiger partial charge in [-0.05, 0) is 49.4 Å². The van der Waals surface area contributed by atoms with Gasteiger partial charge in [0.15, 0.2) is 0 Å². The van der Waals surface area contributed by atoms with E-state index >= 15 is 0 Å². The third kappa shape index (κ3) is 2.76. The Balaban J connectivity index is 1.68. The molecule has 0 saturated heterocycles. The first-order chi connectivity index (χ1) is 8.86. The molecular formula is C16H24N2. The van der Waals surface area contributed by atoms with Crippen molar-refractivity contribution in [3.05, 3.63) is 35.4 Å². The van der Waals surface area contributed by atoms with E-state index in [2.05, 4.69) is 41.4 Å². The Morgan fingerprint density at radius 1 is 1.22 bits per heavy atom. The largest absolute Gasteiger partial charge is 0.309 e. The molecule has 2 heteroatoms. The van der Waals surface area contributed by atoms with E-state index in [9.17, 15) is 0 Å². The van der Waals surface area contributed by atoms with Crippen LogP contribution in [-0.2, 0) is 6.42 Å². The van der Waals surface area contributed by atoms with Crippen molar-refractivity contribution in [1.29, 1.82) is 0 Å². The molecule has 1 aliphatic heterocycles. The fraction of sp³-hybridized carbons (Fsp3) is 0.625. The second-order valence-corrected chi connectivity index (χ2v) is 5.75. The molecule has 0 aromatic heterocycles. The SMILES string of the molecule is CCN(CC1CC1)CC1NCCc2ccccc21. The fourth-order valence-electron chi connectivity index (χ4n) is 3.01. The van der Waals surface area contributed by atoms with Crippen LogP contribution < -0.4 is 5.32 Å². The standard InChI is InChI=1S/C16H24N2/c1-2-18(11-13-7-8-13)12-16-15-6-4-3-5-14(15)9-10-17-16/h3-6,13,16-17H,2,7-12H2,1H3. The van der Waals surface area contributed by atoms with Gasteiger partial charge in [-0.25, -0.2) is 0 Å². The van der Waals surface area contributed by atoms with E-state index in [-0.39, 0.29) is 0 Å². The zero-order valence-electron chi connectivity index (χ0n) is 11.4. The summed E-state index contributed by atoms with van der Waals surface area (Å²) in [7, 11) is 0. The predicted molar refractivity (Wildman–Crippen MR) is 75.7 cm³/mol. The van der Waals surface area contributed by atoms with Gasteiger partial charge in [-0.3, -0.25) is 0 Å². The second kappa shape index (κ2) is 5.41. The highest BCUT2D eigenvalue weighted by atomic mass is 15.2. The van der Waals surface area contributed by atoms with Gasteiger partial charge in [0.25, 0.3) is 0 Å². The maximum absolute atomic E-state index is 3.69. The van der Waals surface area contributed by atoms with Crippen LogP contribution in [0.5, 0.6) is 0 Å². The van der Waals surface area contributed by atoms with Crippen LogP contribution in [-0.4, -0.2) is 31.1 Å². The topological polar surface area (TPSA) is 15.3 Å². The highest BCUT2D eigenvalue weighted by Gasteiger charge is 2.26. The van der Waals surface area contributed by atoms with Crippen molar-refractivity contribution in [3.63, 3.8) is 0 Å². The van der Waals surface area contributed by atoms with Gasteiger partial charge in [-0.1, -0.05) is 31.2 Å². The third-order valence-electron chi connectivity index (χ3n) is 4.32. The Morgan fingerprint density at radius 3 is 2.83 bits per heavy atom. The van der Waals surface area contributed by atoms with Crippen molar-refractivity contribution >= 4 is 0 Å². The number of fused-ring (bicyclic) bond motifs is 1. The monoisotopic (exact) mass is 244 g/mol. The van der Waals surface area contributed by atoms with Crippen LogP contribution in [0.2, 0.25) is 0 Å². The highest BCUT2D eigenvalue weighted by Crippen LogP contribution is 2.31. The summed E-state index contributed by atoms with van der Waals surface area (Å²) in [5.74, 6) is 0.990. The van der Waals surface area contributed by atoms with Gasteiger partial charge in [0.1, 0.15) is 0 Å². The van der Waals surface area contributed by atoms with E-state index in [0.29, 0.717) is 6.04 Å². The summed E-state index contributed by atoms with van der Waals surface area (Å²) in [4.78, 5) is 2.62. The number of nitrogens with zero attached hydrogens (tertiary/aromatic N) is 1. The van der Waals surface area contributed by atoms with Crippen LogP contribution >= 0.6 is 0 Å². The quantitative estimate of drug-likeness (QED) is 0.856. The average Bonchev–Trinajstić information content (AvgIpc) is 3.22. The molecule has 2 aliphatic rings. The van der Waals surface area contributed by atoms with Gasteiger partial charge in [-0.15, -0.1) is 0 Å². The molecule has 3 rings (SSSR count). The van der Waals surface area contributed by atoms with Crippen molar-refractivity contribution in [1.82, 2.24) is 10.2 Å². The van der Waals surface area contributed by atoms with Crippen molar-refractivity contribution in [2.45, 2.75) is 32.2 Å². The number of rotatable bonds is 5. The van der Waals surface area contributed by atoms with Crippen LogP contribution in [0.25, 0.3) is 0 Å². The van der Waals surface area contributed by atoms with E-state index in [0.717, 1.165) is 12.5 Å². The molecule has 0 radical (unpaired) electrons. The molecule has 2 nitrogen and oxygen atoms in total. The molecule has 0 spiro atoms. The fourth-order valence-corrected chi connectivity index (χ4v) is 3.01.